The second-order valence-corrected chi connectivity index (χ2v) is 7.97. The molecule has 12 heavy (non-hydrogen) atoms. The van der Waals surface area contributed by atoms with Crippen LogP contribution in [0.15, 0.2) is 0 Å². The quantitative estimate of drug-likeness (QED) is 0.432. The first-order valence-corrected chi connectivity index (χ1v) is 7.32. The molecule has 6 heteroatoms. The monoisotopic (exact) mass is 253 g/mol. The fourth-order valence-electron chi connectivity index (χ4n) is 0.558. The van der Waals surface area contributed by atoms with Gasteiger partial charge in [-0.2, -0.15) is 0 Å². The first-order chi connectivity index (χ1) is 4.83. The van der Waals surface area contributed by atoms with E-state index in [9.17, 15) is 0 Å². The zero-order valence-corrected chi connectivity index (χ0v) is 14.0. The summed E-state index contributed by atoms with van der Waals surface area (Å²) < 4.78 is 10.6. The van der Waals surface area contributed by atoms with Gasteiger partial charge in [0.1, 0.15) is 0 Å². The third-order valence-corrected chi connectivity index (χ3v) is 3.15. The molecule has 0 N–H and O–H groups in total. The molecule has 0 aliphatic carbocycles. The maximum Gasteiger partial charge on any atom is 1.00 e. The van der Waals surface area contributed by atoms with Crippen LogP contribution in [0.2, 0.25) is 0 Å². The van der Waals surface area contributed by atoms with Crippen LogP contribution in [-0.4, -0.2) is 12.2 Å². The molecule has 0 saturated heterocycles. The number of rotatable bonds is 4. The van der Waals surface area contributed by atoms with Gasteiger partial charge in [0.15, 0.2) is 0 Å². The van der Waals surface area contributed by atoms with E-state index < -0.39 is 5.69 Å². The molecule has 68 valence electrons. The standard InChI is InChI=1S/C6H15O2PS2.K/c1-5(2)7-9(10,11)8-6(3)4;/h5-6H,1-4H3,(H,10,11);/q;+1. The van der Waals surface area contributed by atoms with E-state index in [4.69, 9.17) is 20.9 Å². The van der Waals surface area contributed by atoms with Crippen molar-refractivity contribution in [3.05, 3.63) is 0 Å². The number of hydrogen-bond donors (Lipinski definition) is 1. The van der Waals surface area contributed by atoms with Crippen molar-refractivity contribution in [3.63, 3.8) is 0 Å². The maximum absolute atomic E-state index is 5.32. The Kier molecular flexibility index (Phi) is 11.0. The molecule has 0 unspecified atom stereocenters. The Labute approximate surface area is 128 Å². The summed E-state index contributed by atoms with van der Waals surface area (Å²) in [5.41, 5.74) is -2.28. The Hall–Kier alpha value is 2.56. The van der Waals surface area contributed by atoms with Crippen LogP contribution in [0, 0.1) is 0 Å². The molecular formula is C6H15KO2PS2+. The van der Waals surface area contributed by atoms with Gasteiger partial charge >= 0.3 is 51.4 Å². The minimum absolute atomic E-state index is 0. The van der Waals surface area contributed by atoms with E-state index in [-0.39, 0.29) is 63.6 Å². The molecule has 0 radical (unpaired) electrons. The Balaban J connectivity index is 0. The third-order valence-electron chi connectivity index (χ3n) is 0.688. The van der Waals surface area contributed by atoms with Crippen molar-refractivity contribution in [2.75, 3.05) is 0 Å². The van der Waals surface area contributed by atoms with Crippen molar-refractivity contribution in [2.24, 2.45) is 0 Å². The van der Waals surface area contributed by atoms with E-state index in [1.807, 2.05) is 27.7 Å². The van der Waals surface area contributed by atoms with Gasteiger partial charge in [0.05, 0.1) is 12.2 Å². The second-order valence-electron chi connectivity index (χ2n) is 2.78. The second kappa shape index (κ2) is 7.80. The molecule has 0 aromatic rings. The van der Waals surface area contributed by atoms with Gasteiger partial charge < -0.3 is 9.05 Å². The van der Waals surface area contributed by atoms with Gasteiger partial charge in [0.2, 0.25) is 5.69 Å². The Morgan fingerprint density at radius 1 is 1.08 bits per heavy atom. The number of hydrogen-bond acceptors (Lipinski definition) is 3. The molecule has 0 aliphatic heterocycles. The molecule has 0 aromatic heterocycles. The van der Waals surface area contributed by atoms with Gasteiger partial charge in [0, 0.05) is 0 Å². The Morgan fingerprint density at radius 3 is 1.50 bits per heavy atom. The summed E-state index contributed by atoms with van der Waals surface area (Å²) in [4.78, 5) is 0. The summed E-state index contributed by atoms with van der Waals surface area (Å²) in [5.74, 6) is 0. The zero-order valence-electron chi connectivity index (χ0n) is 8.27. The van der Waals surface area contributed by atoms with Crippen LogP contribution in [0.3, 0.4) is 0 Å². The van der Waals surface area contributed by atoms with E-state index in [1.165, 1.54) is 0 Å². The molecule has 0 aliphatic rings. The molecular weight excluding hydrogens is 238 g/mol. The maximum atomic E-state index is 5.32. The van der Waals surface area contributed by atoms with Gasteiger partial charge in [-0.15, -0.1) is 0 Å². The van der Waals surface area contributed by atoms with E-state index >= 15 is 0 Å². The van der Waals surface area contributed by atoms with E-state index in [0.717, 1.165) is 0 Å². The molecule has 0 saturated carbocycles. The Morgan fingerprint density at radius 2 is 1.33 bits per heavy atom. The molecule has 0 bridgehead atoms. The van der Waals surface area contributed by atoms with Gasteiger partial charge in [-0.3, -0.25) is 0 Å². The van der Waals surface area contributed by atoms with Crippen molar-refractivity contribution in [2.45, 2.75) is 39.9 Å². The minimum Gasteiger partial charge on any atom is -0.319 e. The summed E-state index contributed by atoms with van der Waals surface area (Å²) in [6.45, 7) is 7.67. The molecule has 2 nitrogen and oxygen atoms in total. The SMILES string of the molecule is CC(C)OP(=S)(S)OC(C)C.[K+]. The molecule has 0 fully saturated rings. The largest absolute Gasteiger partial charge is 1.00 e. The predicted octanol–water partition coefficient (Wildman–Crippen LogP) is -0.00530. The van der Waals surface area contributed by atoms with Crippen LogP contribution in [0.4, 0.5) is 0 Å². The third kappa shape index (κ3) is 10.6. The molecule has 0 aromatic carbocycles. The van der Waals surface area contributed by atoms with Crippen molar-refractivity contribution >= 4 is 29.7 Å². The first kappa shape index (κ1) is 17.0. The van der Waals surface area contributed by atoms with Crippen LogP contribution in [0.25, 0.3) is 0 Å². The fraction of sp³-hybridized carbons (Fsp3) is 1.00. The summed E-state index contributed by atoms with van der Waals surface area (Å²) in [6, 6.07) is 0. The van der Waals surface area contributed by atoms with Crippen LogP contribution >= 0.6 is 17.9 Å². The Bertz CT molecular complexity index is 150. The van der Waals surface area contributed by atoms with E-state index in [2.05, 4.69) is 12.2 Å². The normalized spacial score (nSPS) is 11.9. The van der Waals surface area contributed by atoms with Crippen molar-refractivity contribution in [1.82, 2.24) is 0 Å². The van der Waals surface area contributed by atoms with Crippen molar-refractivity contribution < 1.29 is 60.4 Å². The van der Waals surface area contributed by atoms with E-state index in [0.29, 0.717) is 0 Å². The molecule has 0 atom stereocenters. The number of thiol groups is 1. The molecule has 0 rings (SSSR count). The summed E-state index contributed by atoms with van der Waals surface area (Å²) in [5, 5.41) is 0. The summed E-state index contributed by atoms with van der Waals surface area (Å²) in [7, 11) is 0. The van der Waals surface area contributed by atoms with Gasteiger partial charge in [0.25, 0.3) is 0 Å². The predicted molar refractivity (Wildman–Crippen MR) is 55.7 cm³/mol. The van der Waals surface area contributed by atoms with Crippen LogP contribution in [-0.2, 0) is 20.9 Å². The summed E-state index contributed by atoms with van der Waals surface area (Å²) >= 11 is 9.17. The zero-order chi connectivity index (χ0) is 9.07. The molecule has 0 amide bonds. The van der Waals surface area contributed by atoms with Gasteiger partial charge in [-0.05, 0) is 39.5 Å². The van der Waals surface area contributed by atoms with Crippen molar-refractivity contribution in [3.8, 4) is 0 Å². The molecule has 0 heterocycles. The minimum atomic E-state index is -2.28. The van der Waals surface area contributed by atoms with Crippen LogP contribution in [0.1, 0.15) is 27.7 Å². The van der Waals surface area contributed by atoms with Gasteiger partial charge in [-0.1, -0.05) is 12.2 Å². The molecule has 0 spiro atoms. The van der Waals surface area contributed by atoms with E-state index in [1.54, 1.807) is 0 Å². The average molecular weight is 253 g/mol. The fourth-order valence-corrected chi connectivity index (χ4v) is 3.84. The van der Waals surface area contributed by atoms with Crippen LogP contribution in [0.5, 0.6) is 0 Å². The topological polar surface area (TPSA) is 18.5 Å². The summed E-state index contributed by atoms with van der Waals surface area (Å²) in [6.07, 6.45) is 0.161. The van der Waals surface area contributed by atoms with Crippen LogP contribution < -0.4 is 51.4 Å². The smallest absolute Gasteiger partial charge is 0.319 e. The average Bonchev–Trinajstić information content (AvgIpc) is 1.53. The van der Waals surface area contributed by atoms with Gasteiger partial charge in [-0.25, -0.2) is 0 Å². The first-order valence-electron chi connectivity index (χ1n) is 3.53. The van der Waals surface area contributed by atoms with Crippen molar-refractivity contribution in [1.29, 1.82) is 0 Å².